The van der Waals surface area contributed by atoms with E-state index in [0.29, 0.717) is 5.12 Å². The number of nitrogens with zero attached hydrogens (tertiary/aromatic N) is 4. The summed E-state index contributed by atoms with van der Waals surface area (Å²) in [5.74, 6) is 9.14. The van der Waals surface area contributed by atoms with Gasteiger partial charge >= 0.3 is 6.03 Å². The second kappa shape index (κ2) is 5.95. The summed E-state index contributed by atoms with van der Waals surface area (Å²) in [6.07, 6.45) is 4.49. The van der Waals surface area contributed by atoms with Gasteiger partial charge in [0.25, 0.3) is 0 Å². The van der Waals surface area contributed by atoms with E-state index in [1.165, 1.54) is 12.5 Å². The van der Waals surface area contributed by atoms with Gasteiger partial charge in [0.2, 0.25) is 0 Å². The second-order valence-electron chi connectivity index (χ2n) is 1.54. The van der Waals surface area contributed by atoms with Crippen LogP contribution in [0.2, 0.25) is 0 Å². The summed E-state index contributed by atoms with van der Waals surface area (Å²) in [4.78, 5) is 13.2. The normalized spacial score (nSPS) is 7.83. The minimum atomic E-state index is -0.852. The number of amides is 2. The molecule has 66 valence electrons. The Hall–Kier alpha value is -1.80. The first-order valence-electron chi connectivity index (χ1n) is 2.80. The number of urea groups is 1. The van der Waals surface area contributed by atoms with Crippen molar-refractivity contribution in [3.63, 3.8) is 0 Å². The molecule has 6 N–H and O–H groups in total. The highest BCUT2D eigenvalue weighted by Crippen LogP contribution is 1.59. The lowest BCUT2D eigenvalue weighted by Crippen LogP contribution is -2.46. The van der Waals surface area contributed by atoms with Gasteiger partial charge in [-0.05, 0) is 0 Å². The molecule has 0 aliphatic carbocycles. The third kappa shape index (κ3) is 6.32. The Morgan fingerprint density at radius 2 is 1.83 bits per heavy atom. The summed E-state index contributed by atoms with van der Waals surface area (Å²) in [7, 11) is 0. The first-order chi connectivity index (χ1) is 5.64. The zero-order valence-corrected chi connectivity index (χ0v) is 6.16. The van der Waals surface area contributed by atoms with Crippen LogP contribution in [0, 0.1) is 0 Å². The molecule has 1 heterocycles. The van der Waals surface area contributed by atoms with Crippen molar-refractivity contribution in [2.75, 3.05) is 0 Å². The molecule has 1 rings (SSSR count). The summed E-state index contributed by atoms with van der Waals surface area (Å²) in [5.41, 5.74) is 4.47. The maximum Gasteiger partial charge on any atom is 0.343 e. The van der Waals surface area contributed by atoms with Crippen LogP contribution < -0.4 is 17.4 Å². The fourth-order valence-corrected chi connectivity index (χ4v) is 0.205. The van der Waals surface area contributed by atoms with Crippen LogP contribution in [0.4, 0.5) is 4.79 Å². The van der Waals surface area contributed by atoms with Gasteiger partial charge in [-0.3, -0.25) is 0 Å². The Morgan fingerprint density at radius 1 is 1.25 bits per heavy atom. The van der Waals surface area contributed by atoms with Crippen LogP contribution in [-0.4, -0.2) is 26.3 Å². The van der Waals surface area contributed by atoms with Crippen LogP contribution in [0.25, 0.3) is 0 Å². The molecular formula is C4H9N7O. The van der Waals surface area contributed by atoms with Gasteiger partial charge in [-0.1, -0.05) is 0 Å². The van der Waals surface area contributed by atoms with Crippen LogP contribution >= 0.6 is 0 Å². The van der Waals surface area contributed by atoms with E-state index in [1.54, 1.807) is 6.20 Å². The fourth-order valence-electron chi connectivity index (χ4n) is 0.205. The predicted molar refractivity (Wildman–Crippen MR) is 39.6 cm³/mol. The van der Waals surface area contributed by atoms with Gasteiger partial charge in [0.1, 0.15) is 6.33 Å². The van der Waals surface area contributed by atoms with Crippen LogP contribution in [0.5, 0.6) is 0 Å². The van der Waals surface area contributed by atoms with Gasteiger partial charge in [0.15, 0.2) is 0 Å². The van der Waals surface area contributed by atoms with Crippen molar-refractivity contribution in [2.24, 2.45) is 17.4 Å². The first-order valence-corrected chi connectivity index (χ1v) is 2.80. The first kappa shape index (κ1) is 10.2. The molecule has 0 bridgehead atoms. The van der Waals surface area contributed by atoms with Gasteiger partial charge < -0.3 is 5.73 Å². The second-order valence-corrected chi connectivity index (χ2v) is 1.54. The number of hydrogen-bond acceptors (Lipinski definition) is 6. The zero-order chi connectivity index (χ0) is 9.40. The van der Waals surface area contributed by atoms with E-state index in [0.717, 1.165) is 0 Å². The summed E-state index contributed by atoms with van der Waals surface area (Å²) in [6, 6.07) is -0.852. The number of hydrogen-bond donors (Lipinski definition) is 3. The fraction of sp³-hybridized carbons (Fsp3) is 0. The minimum Gasteiger partial charge on any atom is -0.349 e. The monoisotopic (exact) mass is 171 g/mol. The quantitative estimate of drug-likeness (QED) is 0.234. The Balaban J connectivity index is 0.000000202. The highest BCUT2D eigenvalue weighted by Gasteiger charge is 1.90. The van der Waals surface area contributed by atoms with Crippen molar-refractivity contribution in [3.05, 3.63) is 18.7 Å². The van der Waals surface area contributed by atoms with E-state index in [2.05, 4.69) is 32.6 Å². The molecule has 0 radical (unpaired) electrons. The average molecular weight is 171 g/mol. The maximum absolute atomic E-state index is 9.60. The van der Waals surface area contributed by atoms with Crippen LogP contribution in [0.3, 0.4) is 0 Å². The molecule has 0 atom stereocenters. The Labute approximate surface area is 68.3 Å². The Bertz CT molecular complexity index is 185. The highest BCUT2D eigenvalue weighted by molar-refractivity contribution is 5.70. The molecule has 8 nitrogen and oxygen atoms in total. The van der Waals surface area contributed by atoms with Gasteiger partial charge in [-0.15, -0.1) is 5.10 Å². The van der Waals surface area contributed by atoms with Crippen LogP contribution in [0.15, 0.2) is 18.7 Å². The van der Waals surface area contributed by atoms with E-state index in [-0.39, 0.29) is 0 Å². The molecule has 1 aromatic rings. The topological polar surface area (TPSA) is 137 Å². The summed E-state index contributed by atoms with van der Waals surface area (Å²) in [5, 5.41) is 7.20. The molecule has 8 heteroatoms. The standard InChI is InChI=1S/C3H3N3.CH6N4O/c1-2-5-6-3-4-1;2-1(6)5(3)4/h1-3H;3-4H2,(H2,2,6). The molecule has 1 aromatic heterocycles. The number of primary amides is 1. The predicted octanol–water partition coefficient (Wildman–Crippen LogP) is -2.01. The van der Waals surface area contributed by atoms with Crippen molar-refractivity contribution in [1.82, 2.24) is 20.3 Å². The van der Waals surface area contributed by atoms with Crippen molar-refractivity contribution in [2.45, 2.75) is 0 Å². The van der Waals surface area contributed by atoms with Crippen molar-refractivity contribution in [1.29, 1.82) is 0 Å². The smallest absolute Gasteiger partial charge is 0.343 e. The number of aromatic nitrogens is 3. The maximum atomic E-state index is 9.60. The van der Waals surface area contributed by atoms with Crippen molar-refractivity contribution < 1.29 is 4.79 Å². The summed E-state index contributed by atoms with van der Waals surface area (Å²) in [6.45, 7) is 0. The molecular weight excluding hydrogens is 162 g/mol. The average Bonchev–Trinajstić information content (AvgIpc) is 2.08. The molecule has 0 aromatic carbocycles. The molecule has 0 saturated carbocycles. The van der Waals surface area contributed by atoms with Gasteiger partial charge in [-0.25, -0.2) is 21.5 Å². The molecule has 0 aliphatic rings. The lowest BCUT2D eigenvalue weighted by Gasteiger charge is -2.00. The Morgan fingerprint density at radius 3 is 1.92 bits per heavy atom. The molecule has 0 aliphatic heterocycles. The molecule has 0 saturated heterocycles. The van der Waals surface area contributed by atoms with Crippen molar-refractivity contribution >= 4 is 6.03 Å². The van der Waals surface area contributed by atoms with E-state index >= 15 is 0 Å². The zero-order valence-electron chi connectivity index (χ0n) is 6.16. The molecule has 0 fully saturated rings. The number of carbonyl (C=O) groups is 1. The number of rotatable bonds is 0. The number of carbonyl (C=O) groups excluding carboxylic acids is 1. The SMILES string of the molecule is NC(=O)N(N)N.c1cnncn1. The summed E-state index contributed by atoms with van der Waals surface area (Å²) < 4.78 is 0. The lowest BCUT2D eigenvalue weighted by atomic mass is 10.9. The van der Waals surface area contributed by atoms with Gasteiger partial charge in [-0.2, -0.15) is 10.2 Å². The largest absolute Gasteiger partial charge is 0.349 e. The van der Waals surface area contributed by atoms with Crippen LogP contribution in [0.1, 0.15) is 0 Å². The Kier molecular flexibility index (Phi) is 5.05. The number of nitrogens with two attached hydrogens (primary N) is 3. The molecule has 0 spiro atoms. The molecule has 2 amide bonds. The third-order valence-corrected chi connectivity index (χ3v) is 0.659. The molecule has 12 heavy (non-hydrogen) atoms. The van der Waals surface area contributed by atoms with Crippen LogP contribution in [-0.2, 0) is 0 Å². The molecule has 0 unspecified atom stereocenters. The minimum absolute atomic E-state index is 0.306. The third-order valence-electron chi connectivity index (χ3n) is 0.659. The van der Waals surface area contributed by atoms with Crippen molar-refractivity contribution in [3.8, 4) is 0 Å². The van der Waals surface area contributed by atoms with Gasteiger partial charge in [0, 0.05) is 6.20 Å². The number of hydrazine groups is 2. The van der Waals surface area contributed by atoms with E-state index < -0.39 is 6.03 Å². The van der Waals surface area contributed by atoms with Gasteiger partial charge in [0.05, 0.1) is 6.20 Å². The van der Waals surface area contributed by atoms with E-state index in [4.69, 9.17) is 0 Å². The highest BCUT2D eigenvalue weighted by atomic mass is 16.2. The van der Waals surface area contributed by atoms with E-state index in [9.17, 15) is 4.79 Å². The summed E-state index contributed by atoms with van der Waals surface area (Å²) >= 11 is 0. The van der Waals surface area contributed by atoms with E-state index in [1.807, 2.05) is 0 Å². The lowest BCUT2D eigenvalue weighted by molar-refractivity contribution is 0.210.